The van der Waals surface area contributed by atoms with Crippen LogP contribution in [0.2, 0.25) is 0 Å². The molecule has 0 N–H and O–H groups in total. The Labute approximate surface area is 79.0 Å². The van der Waals surface area contributed by atoms with Gasteiger partial charge < -0.3 is 0 Å². The molecule has 4 nitrogen and oxygen atoms in total. The van der Waals surface area contributed by atoms with Gasteiger partial charge in [-0.25, -0.2) is 9.67 Å². The standard InChI is InChI=1S/C9H6FN3O/c10-9-2-1-8(4-11-9)13-5-7(6-14)3-12-13/h1-6H. The number of pyridine rings is 1. The molecule has 2 heterocycles. The van der Waals surface area contributed by atoms with E-state index in [9.17, 15) is 9.18 Å². The number of carbonyl (C=O) groups excluding carboxylic acids is 1. The molecule has 0 aromatic carbocycles. The molecule has 0 amide bonds. The van der Waals surface area contributed by atoms with Gasteiger partial charge >= 0.3 is 0 Å². The molecule has 0 saturated heterocycles. The zero-order chi connectivity index (χ0) is 9.97. The van der Waals surface area contributed by atoms with Gasteiger partial charge in [0.2, 0.25) is 5.95 Å². The molecule has 14 heavy (non-hydrogen) atoms. The summed E-state index contributed by atoms with van der Waals surface area (Å²) < 4.78 is 13.9. The topological polar surface area (TPSA) is 47.8 Å². The van der Waals surface area contributed by atoms with Crippen molar-refractivity contribution in [1.29, 1.82) is 0 Å². The van der Waals surface area contributed by atoms with Crippen molar-refractivity contribution in [3.63, 3.8) is 0 Å². The van der Waals surface area contributed by atoms with E-state index in [0.29, 0.717) is 17.5 Å². The number of aldehydes is 1. The van der Waals surface area contributed by atoms with Crippen LogP contribution in [0, 0.1) is 5.95 Å². The highest BCUT2D eigenvalue weighted by atomic mass is 19.1. The van der Waals surface area contributed by atoms with E-state index in [-0.39, 0.29) is 0 Å². The van der Waals surface area contributed by atoms with E-state index in [1.807, 2.05) is 0 Å². The average molecular weight is 191 g/mol. The Morgan fingerprint density at radius 2 is 2.21 bits per heavy atom. The first-order chi connectivity index (χ1) is 6.79. The predicted octanol–water partition coefficient (Wildman–Crippen LogP) is 1.22. The lowest BCUT2D eigenvalue weighted by molar-refractivity contribution is 0.112. The Balaban J connectivity index is 2.39. The predicted molar refractivity (Wildman–Crippen MR) is 46.7 cm³/mol. The first-order valence-corrected chi connectivity index (χ1v) is 3.91. The van der Waals surface area contributed by atoms with Gasteiger partial charge in [0, 0.05) is 6.20 Å². The first kappa shape index (κ1) is 8.55. The lowest BCUT2D eigenvalue weighted by Gasteiger charge is -1.98. The van der Waals surface area contributed by atoms with Crippen LogP contribution in [-0.4, -0.2) is 21.1 Å². The Hall–Kier alpha value is -2.04. The van der Waals surface area contributed by atoms with E-state index >= 15 is 0 Å². The third kappa shape index (κ3) is 1.52. The van der Waals surface area contributed by atoms with Crippen LogP contribution >= 0.6 is 0 Å². The molecule has 70 valence electrons. The number of carbonyl (C=O) groups is 1. The van der Waals surface area contributed by atoms with Gasteiger partial charge in [-0.05, 0) is 12.1 Å². The number of hydrogen-bond donors (Lipinski definition) is 0. The summed E-state index contributed by atoms with van der Waals surface area (Å²) in [6.07, 6.45) is 5.01. The molecule has 0 unspecified atom stereocenters. The fourth-order valence-electron chi connectivity index (χ4n) is 1.04. The van der Waals surface area contributed by atoms with Gasteiger partial charge in [-0.15, -0.1) is 0 Å². The second kappa shape index (κ2) is 3.37. The van der Waals surface area contributed by atoms with Gasteiger partial charge in [-0.1, -0.05) is 0 Å². The van der Waals surface area contributed by atoms with E-state index in [0.717, 1.165) is 0 Å². The van der Waals surface area contributed by atoms with Crippen LogP contribution in [0.5, 0.6) is 0 Å². The summed E-state index contributed by atoms with van der Waals surface area (Å²) in [5, 5.41) is 3.91. The molecule has 0 aliphatic heterocycles. The molecular formula is C9H6FN3O. The highest BCUT2D eigenvalue weighted by Crippen LogP contribution is 2.05. The number of nitrogens with zero attached hydrogens (tertiary/aromatic N) is 3. The quantitative estimate of drug-likeness (QED) is 0.529. The van der Waals surface area contributed by atoms with Crippen LogP contribution < -0.4 is 0 Å². The van der Waals surface area contributed by atoms with Crippen LogP contribution in [0.1, 0.15) is 10.4 Å². The van der Waals surface area contributed by atoms with Crippen LogP contribution in [0.15, 0.2) is 30.7 Å². The molecule has 0 radical (unpaired) electrons. The fourth-order valence-corrected chi connectivity index (χ4v) is 1.04. The number of rotatable bonds is 2. The number of aromatic nitrogens is 3. The third-order valence-corrected chi connectivity index (χ3v) is 1.71. The van der Waals surface area contributed by atoms with Gasteiger partial charge in [-0.2, -0.15) is 9.49 Å². The molecule has 5 heteroatoms. The van der Waals surface area contributed by atoms with Crippen LogP contribution in [0.25, 0.3) is 5.69 Å². The molecule has 0 fully saturated rings. The summed E-state index contributed by atoms with van der Waals surface area (Å²) in [6, 6.07) is 2.77. The lowest BCUT2D eigenvalue weighted by atomic mass is 10.4. The van der Waals surface area contributed by atoms with Crippen LogP contribution in [0.4, 0.5) is 4.39 Å². The van der Waals surface area contributed by atoms with Crippen molar-refractivity contribution in [3.8, 4) is 5.69 Å². The largest absolute Gasteiger partial charge is 0.298 e. The Morgan fingerprint density at radius 1 is 1.36 bits per heavy atom. The summed E-state index contributed by atoms with van der Waals surface area (Å²) >= 11 is 0. The Morgan fingerprint density at radius 3 is 2.79 bits per heavy atom. The van der Waals surface area contributed by atoms with E-state index in [2.05, 4.69) is 10.1 Å². The third-order valence-electron chi connectivity index (χ3n) is 1.71. The highest BCUT2D eigenvalue weighted by Gasteiger charge is 2.00. The minimum absolute atomic E-state index is 0.467. The van der Waals surface area contributed by atoms with Crippen molar-refractivity contribution in [2.24, 2.45) is 0 Å². The first-order valence-electron chi connectivity index (χ1n) is 3.91. The van der Waals surface area contributed by atoms with Gasteiger partial charge in [0.25, 0.3) is 0 Å². The van der Waals surface area contributed by atoms with Crippen molar-refractivity contribution in [2.45, 2.75) is 0 Å². The van der Waals surface area contributed by atoms with E-state index in [1.165, 1.54) is 29.2 Å². The van der Waals surface area contributed by atoms with Gasteiger partial charge in [0.15, 0.2) is 6.29 Å². The maximum absolute atomic E-state index is 12.5. The Bertz CT molecular complexity index is 449. The number of halogens is 1. The molecule has 0 atom stereocenters. The summed E-state index contributed by atoms with van der Waals surface area (Å²) in [5.74, 6) is -0.545. The molecule has 0 saturated carbocycles. The SMILES string of the molecule is O=Cc1cnn(-c2ccc(F)nc2)c1. The second-order valence-corrected chi connectivity index (χ2v) is 2.68. The van der Waals surface area contributed by atoms with Gasteiger partial charge in [0.1, 0.15) is 0 Å². The van der Waals surface area contributed by atoms with E-state index < -0.39 is 5.95 Å². The van der Waals surface area contributed by atoms with Gasteiger partial charge in [0.05, 0.1) is 23.6 Å². The fraction of sp³-hybridized carbons (Fsp3) is 0. The average Bonchev–Trinajstić information content (AvgIpc) is 2.67. The second-order valence-electron chi connectivity index (χ2n) is 2.68. The molecular weight excluding hydrogens is 185 g/mol. The van der Waals surface area contributed by atoms with Crippen molar-refractivity contribution < 1.29 is 9.18 Å². The van der Waals surface area contributed by atoms with Crippen molar-refractivity contribution in [2.75, 3.05) is 0 Å². The van der Waals surface area contributed by atoms with E-state index in [4.69, 9.17) is 0 Å². The molecule has 0 aliphatic rings. The summed E-state index contributed by atoms with van der Waals surface area (Å²) in [5.41, 5.74) is 1.08. The summed E-state index contributed by atoms with van der Waals surface area (Å²) in [4.78, 5) is 13.9. The molecule has 0 aliphatic carbocycles. The molecule has 2 aromatic rings. The van der Waals surface area contributed by atoms with Crippen molar-refractivity contribution in [1.82, 2.24) is 14.8 Å². The molecule has 2 rings (SSSR count). The van der Waals surface area contributed by atoms with E-state index in [1.54, 1.807) is 6.20 Å². The summed E-state index contributed by atoms with van der Waals surface area (Å²) in [6.45, 7) is 0. The maximum Gasteiger partial charge on any atom is 0.212 e. The maximum atomic E-state index is 12.5. The number of hydrogen-bond acceptors (Lipinski definition) is 3. The van der Waals surface area contributed by atoms with Crippen molar-refractivity contribution >= 4 is 6.29 Å². The van der Waals surface area contributed by atoms with Crippen molar-refractivity contribution in [3.05, 3.63) is 42.2 Å². The monoisotopic (exact) mass is 191 g/mol. The Kier molecular flexibility index (Phi) is 2.06. The van der Waals surface area contributed by atoms with Gasteiger partial charge in [-0.3, -0.25) is 4.79 Å². The minimum Gasteiger partial charge on any atom is -0.298 e. The molecule has 2 aromatic heterocycles. The zero-order valence-corrected chi connectivity index (χ0v) is 7.09. The lowest BCUT2D eigenvalue weighted by Crippen LogP contribution is -1.95. The van der Waals surface area contributed by atoms with Crippen LogP contribution in [-0.2, 0) is 0 Å². The zero-order valence-electron chi connectivity index (χ0n) is 7.09. The smallest absolute Gasteiger partial charge is 0.212 e. The molecule has 0 bridgehead atoms. The summed E-state index contributed by atoms with van der Waals surface area (Å²) in [7, 11) is 0. The normalized spacial score (nSPS) is 10.1. The minimum atomic E-state index is -0.545. The molecule has 0 spiro atoms. The van der Waals surface area contributed by atoms with Crippen LogP contribution in [0.3, 0.4) is 0 Å². The highest BCUT2D eigenvalue weighted by molar-refractivity contribution is 5.73.